The lowest BCUT2D eigenvalue weighted by Crippen LogP contribution is -2.61. The smallest absolute Gasteiger partial charge is 0.249 e. The van der Waals surface area contributed by atoms with Crippen molar-refractivity contribution in [2.75, 3.05) is 29.9 Å². The fourth-order valence-electron chi connectivity index (χ4n) is 2.56. The number of anilines is 2. The van der Waals surface area contributed by atoms with E-state index >= 15 is 0 Å². The summed E-state index contributed by atoms with van der Waals surface area (Å²) < 4.78 is 13.2. The monoisotopic (exact) mass is 276 g/mol. The predicted molar refractivity (Wildman–Crippen MR) is 70.7 cm³/mol. The molecule has 7 heteroatoms. The van der Waals surface area contributed by atoms with Gasteiger partial charge in [0.2, 0.25) is 11.8 Å². The fourth-order valence-corrected chi connectivity index (χ4v) is 2.56. The largest absolute Gasteiger partial charge is 0.339 e. The molecule has 0 spiro atoms. The van der Waals surface area contributed by atoms with E-state index in [1.165, 1.54) is 12.1 Å². The number of nitrogens with zero attached hydrogens (tertiary/aromatic N) is 3. The van der Waals surface area contributed by atoms with E-state index in [1.54, 1.807) is 9.80 Å². The molecule has 0 unspecified atom stereocenters. The number of nitrogens with one attached hydrogen (secondary N) is 1. The van der Waals surface area contributed by atoms with Crippen molar-refractivity contribution in [2.45, 2.75) is 6.04 Å². The van der Waals surface area contributed by atoms with Gasteiger partial charge in [0, 0.05) is 19.2 Å². The van der Waals surface area contributed by atoms with Crippen LogP contribution in [-0.4, -0.2) is 47.4 Å². The van der Waals surface area contributed by atoms with Gasteiger partial charge in [0.25, 0.3) is 0 Å². The summed E-state index contributed by atoms with van der Waals surface area (Å²) in [6.07, 6.45) is 2.35. The van der Waals surface area contributed by atoms with Gasteiger partial charge in [-0.3, -0.25) is 9.59 Å². The van der Waals surface area contributed by atoms with Crippen molar-refractivity contribution in [2.24, 2.45) is 0 Å². The van der Waals surface area contributed by atoms with E-state index in [1.807, 2.05) is 0 Å². The van der Waals surface area contributed by atoms with Crippen molar-refractivity contribution in [1.82, 2.24) is 9.88 Å². The summed E-state index contributed by atoms with van der Waals surface area (Å²) >= 11 is 0. The highest BCUT2D eigenvalue weighted by atomic mass is 19.1. The molecule has 2 amide bonds. The van der Waals surface area contributed by atoms with E-state index in [2.05, 4.69) is 16.9 Å². The molecule has 1 aromatic heterocycles. The fraction of sp³-hybridized carbons (Fsp3) is 0.308. The van der Waals surface area contributed by atoms with Crippen molar-refractivity contribution in [3.63, 3.8) is 0 Å². The zero-order valence-corrected chi connectivity index (χ0v) is 10.7. The average molecular weight is 276 g/mol. The number of fused-ring (bicyclic) bond motifs is 3. The molecule has 0 bridgehead atoms. The van der Waals surface area contributed by atoms with E-state index in [4.69, 9.17) is 0 Å². The first kappa shape index (κ1) is 12.6. The molecular weight excluding hydrogens is 263 g/mol. The zero-order chi connectivity index (χ0) is 14.3. The van der Waals surface area contributed by atoms with Crippen LogP contribution in [0.3, 0.4) is 0 Å². The summed E-state index contributed by atoms with van der Waals surface area (Å²) in [5, 5.41) is 2.63. The number of pyridine rings is 1. The maximum absolute atomic E-state index is 13.2. The van der Waals surface area contributed by atoms with Gasteiger partial charge in [-0.05, 0) is 6.08 Å². The molecule has 1 saturated heterocycles. The minimum absolute atomic E-state index is 0.199. The predicted octanol–water partition coefficient (Wildman–Crippen LogP) is 0.376. The summed E-state index contributed by atoms with van der Waals surface area (Å²) in [6.45, 7) is 4.67. The normalized spacial score (nSPS) is 20.9. The first-order chi connectivity index (χ1) is 9.60. The van der Waals surface area contributed by atoms with Crippen LogP contribution in [0, 0.1) is 5.82 Å². The number of carbonyl (C=O) groups is 2. The Morgan fingerprint density at radius 2 is 2.35 bits per heavy atom. The van der Waals surface area contributed by atoms with Crippen LogP contribution in [0.5, 0.6) is 0 Å². The summed E-state index contributed by atoms with van der Waals surface area (Å²) in [7, 11) is 0. The maximum atomic E-state index is 13.2. The second-order valence-corrected chi connectivity index (χ2v) is 4.71. The second-order valence-electron chi connectivity index (χ2n) is 4.71. The highest BCUT2D eigenvalue weighted by molar-refractivity contribution is 6.03. The second kappa shape index (κ2) is 4.59. The number of aromatic nitrogens is 1. The van der Waals surface area contributed by atoms with Gasteiger partial charge in [-0.2, -0.15) is 0 Å². The van der Waals surface area contributed by atoms with Crippen LogP contribution in [0.25, 0.3) is 0 Å². The van der Waals surface area contributed by atoms with Crippen molar-refractivity contribution in [1.29, 1.82) is 0 Å². The Morgan fingerprint density at radius 1 is 1.55 bits per heavy atom. The molecule has 3 heterocycles. The van der Waals surface area contributed by atoms with Crippen molar-refractivity contribution < 1.29 is 14.0 Å². The molecule has 2 aliphatic heterocycles. The SMILES string of the molecule is C=CC(=O)N1CCN2c3ncc(F)cc3NC(=O)[C@H]2C1. The molecule has 0 saturated carbocycles. The standard InChI is InChI=1S/C13H13FN4O2/c1-2-11(19)17-3-4-18-10(7-17)13(20)16-9-5-8(14)6-15-12(9)18/h2,5-6,10H,1,3-4,7H2,(H,16,20)/t10-/m1/s1. The molecule has 1 aromatic rings. The minimum atomic E-state index is -0.502. The molecule has 1 fully saturated rings. The number of carbonyl (C=O) groups excluding carboxylic acids is 2. The molecule has 1 atom stereocenters. The Bertz CT molecular complexity index is 604. The summed E-state index contributed by atoms with van der Waals surface area (Å²) in [4.78, 5) is 31.1. The van der Waals surface area contributed by atoms with Crippen LogP contribution >= 0.6 is 0 Å². The van der Waals surface area contributed by atoms with Gasteiger partial charge in [-0.1, -0.05) is 6.58 Å². The molecule has 0 aliphatic carbocycles. The minimum Gasteiger partial charge on any atom is -0.339 e. The van der Waals surface area contributed by atoms with E-state index in [0.29, 0.717) is 24.6 Å². The topological polar surface area (TPSA) is 65.5 Å². The van der Waals surface area contributed by atoms with Gasteiger partial charge in [0.05, 0.1) is 18.4 Å². The van der Waals surface area contributed by atoms with Gasteiger partial charge < -0.3 is 15.1 Å². The van der Waals surface area contributed by atoms with Crippen molar-refractivity contribution >= 4 is 23.3 Å². The van der Waals surface area contributed by atoms with E-state index in [-0.39, 0.29) is 18.4 Å². The third-order valence-corrected chi connectivity index (χ3v) is 3.53. The number of halogens is 1. The number of amides is 2. The number of piperazine rings is 1. The molecule has 104 valence electrons. The lowest BCUT2D eigenvalue weighted by Gasteiger charge is -2.43. The highest BCUT2D eigenvalue weighted by Gasteiger charge is 2.39. The van der Waals surface area contributed by atoms with E-state index in [0.717, 1.165) is 6.20 Å². The van der Waals surface area contributed by atoms with E-state index < -0.39 is 11.9 Å². The van der Waals surface area contributed by atoms with Gasteiger partial charge in [0.15, 0.2) is 5.82 Å². The van der Waals surface area contributed by atoms with Crippen molar-refractivity contribution in [3.05, 3.63) is 30.7 Å². The molecule has 3 rings (SSSR count). The van der Waals surface area contributed by atoms with E-state index in [9.17, 15) is 14.0 Å². The highest BCUT2D eigenvalue weighted by Crippen LogP contribution is 2.31. The number of hydrogen-bond donors (Lipinski definition) is 1. The Balaban J connectivity index is 1.91. The van der Waals surface area contributed by atoms with Gasteiger partial charge in [-0.15, -0.1) is 0 Å². The molecule has 20 heavy (non-hydrogen) atoms. The van der Waals surface area contributed by atoms with Crippen LogP contribution in [0.1, 0.15) is 0 Å². The number of hydrogen-bond acceptors (Lipinski definition) is 4. The van der Waals surface area contributed by atoms with Crippen LogP contribution in [0.4, 0.5) is 15.9 Å². The molecule has 0 radical (unpaired) electrons. The number of rotatable bonds is 1. The van der Waals surface area contributed by atoms with Crippen LogP contribution in [0.2, 0.25) is 0 Å². The molecule has 0 aromatic carbocycles. The Labute approximate surface area is 114 Å². The van der Waals surface area contributed by atoms with Crippen LogP contribution in [-0.2, 0) is 9.59 Å². The van der Waals surface area contributed by atoms with Crippen LogP contribution in [0.15, 0.2) is 24.9 Å². The first-order valence-corrected chi connectivity index (χ1v) is 6.24. The summed E-state index contributed by atoms with van der Waals surface area (Å²) in [5.74, 6) is -0.411. The summed E-state index contributed by atoms with van der Waals surface area (Å²) in [6, 6.07) is 0.746. The van der Waals surface area contributed by atoms with Crippen LogP contribution < -0.4 is 10.2 Å². The Hall–Kier alpha value is -2.44. The molecular formula is C13H13FN4O2. The third kappa shape index (κ3) is 1.91. The van der Waals surface area contributed by atoms with Gasteiger partial charge >= 0.3 is 0 Å². The maximum Gasteiger partial charge on any atom is 0.249 e. The first-order valence-electron chi connectivity index (χ1n) is 6.24. The van der Waals surface area contributed by atoms with Gasteiger partial charge in [0.1, 0.15) is 11.9 Å². The average Bonchev–Trinajstić information content (AvgIpc) is 2.46. The Kier molecular flexibility index (Phi) is 2.89. The summed E-state index contributed by atoms with van der Waals surface area (Å²) in [5.41, 5.74) is 0.370. The lowest BCUT2D eigenvalue weighted by molar-refractivity contribution is -0.128. The molecule has 2 aliphatic rings. The molecule has 6 nitrogen and oxygen atoms in total. The van der Waals surface area contributed by atoms with Gasteiger partial charge in [-0.25, -0.2) is 9.37 Å². The lowest BCUT2D eigenvalue weighted by atomic mass is 10.1. The zero-order valence-electron chi connectivity index (χ0n) is 10.7. The van der Waals surface area contributed by atoms with Crippen molar-refractivity contribution in [3.8, 4) is 0 Å². The molecule has 1 N–H and O–H groups in total. The quantitative estimate of drug-likeness (QED) is 0.753. The Morgan fingerprint density at radius 3 is 3.10 bits per heavy atom. The third-order valence-electron chi connectivity index (χ3n) is 3.53.